The summed E-state index contributed by atoms with van der Waals surface area (Å²) in [6.45, 7) is 4.41. The number of hydrogen-bond donors (Lipinski definition) is 0. The molecular weight excluding hydrogens is 288 g/mol. The molecule has 0 N–H and O–H groups in total. The Morgan fingerprint density at radius 3 is 2.57 bits per heavy atom. The van der Waals surface area contributed by atoms with Gasteiger partial charge in [0.05, 0.1) is 11.2 Å². The Bertz CT molecular complexity index is 476. The molecule has 0 radical (unpaired) electrons. The molecule has 1 aliphatic heterocycles. The largest absolute Gasteiger partial charge is 0.340 e. The molecule has 1 amide bonds. The second-order valence-electron chi connectivity index (χ2n) is 6.03. The van der Waals surface area contributed by atoms with Gasteiger partial charge in [-0.3, -0.25) is 14.4 Å². The first-order valence-electron chi connectivity index (χ1n) is 7.92. The van der Waals surface area contributed by atoms with Crippen LogP contribution in [0.4, 0.5) is 0 Å². The molecule has 0 aromatic carbocycles. The van der Waals surface area contributed by atoms with Gasteiger partial charge in [-0.15, -0.1) is 0 Å². The Hall–Kier alpha value is -1.07. The van der Waals surface area contributed by atoms with E-state index in [2.05, 4.69) is 10.00 Å². The second-order valence-corrected chi connectivity index (χ2v) is 6.46. The van der Waals surface area contributed by atoms with Gasteiger partial charge in [0.15, 0.2) is 0 Å². The van der Waals surface area contributed by atoms with Crippen molar-refractivity contribution in [2.24, 2.45) is 0 Å². The van der Waals surface area contributed by atoms with Crippen molar-refractivity contribution in [2.75, 3.05) is 26.2 Å². The van der Waals surface area contributed by atoms with Crippen LogP contribution in [0.2, 0.25) is 5.02 Å². The molecule has 21 heavy (non-hydrogen) atoms. The molecule has 0 spiro atoms. The SMILES string of the molecule is O=C(CCn1cc(Cl)cn1)N1CCN(C2CCCC2)CC1. The predicted molar refractivity (Wildman–Crippen MR) is 82.3 cm³/mol. The van der Waals surface area contributed by atoms with Crippen LogP contribution in [-0.2, 0) is 11.3 Å². The third kappa shape index (κ3) is 3.77. The van der Waals surface area contributed by atoms with Crippen LogP contribution >= 0.6 is 11.6 Å². The highest BCUT2D eigenvalue weighted by Gasteiger charge is 2.27. The number of halogens is 1. The van der Waals surface area contributed by atoms with E-state index in [0.29, 0.717) is 18.0 Å². The first-order chi connectivity index (χ1) is 10.2. The van der Waals surface area contributed by atoms with Gasteiger partial charge in [0.2, 0.25) is 5.91 Å². The number of aryl methyl sites for hydroxylation is 1. The maximum absolute atomic E-state index is 12.2. The maximum Gasteiger partial charge on any atom is 0.224 e. The van der Waals surface area contributed by atoms with Crippen LogP contribution in [0.25, 0.3) is 0 Å². The number of carbonyl (C=O) groups is 1. The minimum Gasteiger partial charge on any atom is -0.340 e. The highest BCUT2D eigenvalue weighted by Crippen LogP contribution is 2.24. The Morgan fingerprint density at radius 2 is 1.95 bits per heavy atom. The van der Waals surface area contributed by atoms with Gasteiger partial charge >= 0.3 is 0 Å². The first kappa shape index (κ1) is 14.9. The third-order valence-electron chi connectivity index (χ3n) is 4.66. The van der Waals surface area contributed by atoms with E-state index in [1.54, 1.807) is 17.1 Å². The summed E-state index contributed by atoms with van der Waals surface area (Å²) >= 11 is 5.82. The van der Waals surface area contributed by atoms with Gasteiger partial charge in [0, 0.05) is 51.4 Å². The van der Waals surface area contributed by atoms with Crippen LogP contribution in [0.5, 0.6) is 0 Å². The Kier molecular flexibility index (Phi) is 4.80. The van der Waals surface area contributed by atoms with Crippen LogP contribution in [0.1, 0.15) is 32.1 Å². The van der Waals surface area contributed by atoms with Gasteiger partial charge in [0.25, 0.3) is 0 Å². The summed E-state index contributed by atoms with van der Waals surface area (Å²) in [4.78, 5) is 16.8. The summed E-state index contributed by atoms with van der Waals surface area (Å²) in [6.07, 6.45) is 9.29. The van der Waals surface area contributed by atoms with E-state index in [1.807, 2.05) is 4.90 Å². The normalized spacial score (nSPS) is 21.1. The molecule has 3 rings (SSSR count). The number of hydrogen-bond acceptors (Lipinski definition) is 3. The molecule has 1 aromatic rings. The lowest BCUT2D eigenvalue weighted by Gasteiger charge is -2.38. The average molecular weight is 311 g/mol. The van der Waals surface area contributed by atoms with E-state index in [9.17, 15) is 4.79 Å². The first-order valence-corrected chi connectivity index (χ1v) is 8.30. The summed E-state index contributed by atoms with van der Waals surface area (Å²) in [5.74, 6) is 0.229. The summed E-state index contributed by atoms with van der Waals surface area (Å²) < 4.78 is 1.73. The van der Waals surface area contributed by atoms with E-state index >= 15 is 0 Å². The standard InChI is InChI=1S/C15H23ClN4O/c16-13-11-17-20(12-13)6-5-15(21)19-9-7-18(8-10-19)14-3-1-2-4-14/h11-12,14H,1-10H2. The third-order valence-corrected chi connectivity index (χ3v) is 4.86. The molecule has 6 heteroatoms. The monoisotopic (exact) mass is 310 g/mol. The zero-order valence-corrected chi connectivity index (χ0v) is 13.1. The van der Waals surface area contributed by atoms with Crippen LogP contribution in [0, 0.1) is 0 Å². The van der Waals surface area contributed by atoms with E-state index in [4.69, 9.17) is 11.6 Å². The topological polar surface area (TPSA) is 41.4 Å². The number of aromatic nitrogens is 2. The lowest BCUT2D eigenvalue weighted by atomic mass is 10.1. The van der Waals surface area contributed by atoms with Crippen LogP contribution in [-0.4, -0.2) is 57.7 Å². The number of rotatable bonds is 4. The van der Waals surface area contributed by atoms with Gasteiger partial charge < -0.3 is 4.90 Å². The molecule has 1 saturated carbocycles. The van der Waals surface area contributed by atoms with Crippen molar-refractivity contribution in [1.82, 2.24) is 19.6 Å². The minimum absolute atomic E-state index is 0.229. The van der Waals surface area contributed by atoms with Gasteiger partial charge in [-0.05, 0) is 12.8 Å². The van der Waals surface area contributed by atoms with Gasteiger partial charge in [0.1, 0.15) is 0 Å². The zero-order chi connectivity index (χ0) is 14.7. The fourth-order valence-corrected chi connectivity index (χ4v) is 3.59. The number of carbonyl (C=O) groups excluding carboxylic acids is 1. The molecule has 5 nitrogen and oxygen atoms in total. The van der Waals surface area contributed by atoms with E-state index in [0.717, 1.165) is 32.2 Å². The predicted octanol–water partition coefficient (Wildman–Crippen LogP) is 2.01. The van der Waals surface area contributed by atoms with Crippen molar-refractivity contribution in [3.63, 3.8) is 0 Å². The molecule has 116 valence electrons. The van der Waals surface area contributed by atoms with Crippen LogP contribution in [0.15, 0.2) is 12.4 Å². The highest BCUT2D eigenvalue weighted by molar-refractivity contribution is 6.30. The molecule has 1 aliphatic carbocycles. The summed E-state index contributed by atoms with van der Waals surface area (Å²) in [6, 6.07) is 0.772. The van der Waals surface area contributed by atoms with E-state index in [-0.39, 0.29) is 5.91 Å². The fraction of sp³-hybridized carbons (Fsp3) is 0.733. The number of piperazine rings is 1. The van der Waals surface area contributed by atoms with Crippen molar-refractivity contribution in [3.8, 4) is 0 Å². The molecule has 2 fully saturated rings. The quantitative estimate of drug-likeness (QED) is 0.854. The van der Waals surface area contributed by atoms with Crippen molar-refractivity contribution in [2.45, 2.75) is 44.7 Å². The second kappa shape index (κ2) is 6.79. The smallest absolute Gasteiger partial charge is 0.224 e. The lowest BCUT2D eigenvalue weighted by molar-refractivity contribution is -0.133. The van der Waals surface area contributed by atoms with E-state index in [1.165, 1.54) is 25.7 Å². The summed E-state index contributed by atoms with van der Waals surface area (Å²) in [5, 5.41) is 4.72. The molecule has 1 saturated heterocycles. The number of nitrogens with zero attached hydrogens (tertiary/aromatic N) is 4. The molecule has 0 bridgehead atoms. The van der Waals surface area contributed by atoms with Gasteiger partial charge in [-0.1, -0.05) is 24.4 Å². The number of amides is 1. The average Bonchev–Trinajstić information content (AvgIpc) is 3.16. The van der Waals surface area contributed by atoms with Crippen molar-refractivity contribution in [1.29, 1.82) is 0 Å². The van der Waals surface area contributed by atoms with Crippen LogP contribution in [0.3, 0.4) is 0 Å². The molecule has 0 atom stereocenters. The summed E-state index contributed by atoms with van der Waals surface area (Å²) in [5.41, 5.74) is 0. The van der Waals surface area contributed by atoms with Crippen molar-refractivity contribution < 1.29 is 4.79 Å². The molecule has 1 aromatic heterocycles. The minimum atomic E-state index is 0.229. The lowest BCUT2D eigenvalue weighted by Crippen LogP contribution is -2.51. The van der Waals surface area contributed by atoms with E-state index < -0.39 is 0 Å². The Morgan fingerprint density at radius 1 is 1.24 bits per heavy atom. The molecule has 2 heterocycles. The summed E-state index contributed by atoms with van der Waals surface area (Å²) in [7, 11) is 0. The highest BCUT2D eigenvalue weighted by atomic mass is 35.5. The van der Waals surface area contributed by atoms with Gasteiger partial charge in [-0.2, -0.15) is 5.10 Å². The molecule has 0 unspecified atom stereocenters. The zero-order valence-electron chi connectivity index (χ0n) is 12.4. The van der Waals surface area contributed by atoms with Gasteiger partial charge in [-0.25, -0.2) is 0 Å². The maximum atomic E-state index is 12.2. The van der Waals surface area contributed by atoms with Crippen molar-refractivity contribution >= 4 is 17.5 Å². The van der Waals surface area contributed by atoms with Crippen molar-refractivity contribution in [3.05, 3.63) is 17.4 Å². The van der Waals surface area contributed by atoms with Crippen LogP contribution < -0.4 is 0 Å². The Balaban J connectivity index is 1.42. The fourth-order valence-electron chi connectivity index (χ4n) is 3.43. The molecular formula is C15H23ClN4O. The Labute approximate surface area is 130 Å². The molecule has 2 aliphatic rings.